The van der Waals surface area contributed by atoms with Gasteiger partial charge in [-0.25, -0.2) is 9.79 Å². The summed E-state index contributed by atoms with van der Waals surface area (Å²) >= 11 is 0. The summed E-state index contributed by atoms with van der Waals surface area (Å²) in [7, 11) is -13.9. The van der Waals surface area contributed by atoms with Gasteiger partial charge in [-0.15, -0.1) is 0 Å². The topological polar surface area (TPSA) is 271 Å². The minimum absolute atomic E-state index is 0.136. The molecule has 2 aliphatic rings. The van der Waals surface area contributed by atoms with Gasteiger partial charge in [0.05, 0.1) is 22.4 Å². The normalized spacial score (nSPS) is 12.4. The highest BCUT2D eigenvalue weighted by molar-refractivity contribution is 7.86. The molecule has 5 aromatic carbocycles. The monoisotopic (exact) mass is 953 g/mol. The van der Waals surface area contributed by atoms with Crippen molar-refractivity contribution in [3.63, 3.8) is 0 Å². The van der Waals surface area contributed by atoms with E-state index < -0.39 is 57.0 Å². The van der Waals surface area contributed by atoms with E-state index in [9.17, 15) is 48.5 Å². The Kier molecular flexibility index (Phi) is 12.4. The van der Waals surface area contributed by atoms with Crippen LogP contribution in [0, 0.1) is 41.5 Å². The van der Waals surface area contributed by atoms with Crippen molar-refractivity contribution in [2.45, 2.75) is 56.2 Å². The van der Waals surface area contributed by atoms with Gasteiger partial charge in [-0.3, -0.25) is 18.5 Å². The van der Waals surface area contributed by atoms with Gasteiger partial charge < -0.3 is 25.7 Å². The van der Waals surface area contributed by atoms with Crippen molar-refractivity contribution in [1.82, 2.24) is 5.32 Å². The van der Waals surface area contributed by atoms with Gasteiger partial charge in [0.2, 0.25) is 0 Å². The first kappa shape index (κ1) is 47.0. The first-order chi connectivity index (χ1) is 30.9. The summed E-state index contributed by atoms with van der Waals surface area (Å²) in [6.07, 6.45) is 0. The van der Waals surface area contributed by atoms with Crippen LogP contribution in [0.4, 0.5) is 33.2 Å². The number of anilines is 4. The lowest BCUT2D eigenvalue weighted by Crippen LogP contribution is -2.25. The largest absolute Gasteiger partial charge is 0.456 e. The van der Waals surface area contributed by atoms with Crippen molar-refractivity contribution in [1.29, 1.82) is 0 Å². The number of fused-ring (bicyclic) bond motifs is 2. The Morgan fingerprint density at radius 1 is 0.591 bits per heavy atom. The Labute approximate surface area is 380 Å². The van der Waals surface area contributed by atoms with Crippen molar-refractivity contribution < 1.29 is 52.9 Å². The number of hydrogen-bond acceptors (Lipinski definition) is 11. The van der Waals surface area contributed by atoms with Crippen LogP contribution in [-0.4, -0.2) is 57.9 Å². The van der Waals surface area contributed by atoms with E-state index in [1.165, 1.54) is 37.4 Å². The van der Waals surface area contributed by atoms with E-state index in [1.54, 1.807) is 84.0 Å². The molecule has 1 heterocycles. The van der Waals surface area contributed by atoms with Crippen molar-refractivity contribution in [2.24, 2.45) is 4.99 Å². The molecule has 342 valence electrons. The third-order valence-electron chi connectivity index (χ3n) is 11.0. The van der Waals surface area contributed by atoms with Crippen LogP contribution in [0.25, 0.3) is 33.4 Å². The van der Waals surface area contributed by atoms with Crippen molar-refractivity contribution in [3.8, 4) is 22.5 Å². The van der Waals surface area contributed by atoms with Crippen LogP contribution in [-0.2, 0) is 30.4 Å². The predicted octanol–water partition coefficient (Wildman–Crippen LogP) is 8.77. The molecule has 0 saturated heterocycles. The highest BCUT2D eigenvalue weighted by atomic mass is 32.2. The highest BCUT2D eigenvalue weighted by Crippen LogP contribution is 2.46. The molecule has 0 aromatic heterocycles. The summed E-state index contributed by atoms with van der Waals surface area (Å²) in [5.41, 5.74) is 4.26. The Morgan fingerprint density at radius 2 is 1.17 bits per heavy atom. The number of hydrogen-bond donors (Lipinski definition) is 7. The molecule has 7 rings (SSSR count). The van der Waals surface area contributed by atoms with Gasteiger partial charge in [0.25, 0.3) is 36.3 Å². The minimum Gasteiger partial charge on any atom is -0.456 e. The standard InChI is InChI=1S/C46H43N5O12S3/c1-23-17-25(3)43(50-45(52)29-13-9-8-10-14-29)27(5)41(23)48-33-21-35-31(19-38(33)65(57,58)59)40(30-15-11-12-16-37(30)64(54,55)56)32-20-39(66(60,61)62)34(22-36(32)63-35)49-42-24(2)18-26(4)44(28(42)6)51-46(53)47-7/h8-22,49H,1-7H3,(H,50,52)(H2,47,51,53)(H,54,55,56)(H,57,58,59)(H,60,61,62). The molecule has 0 atom stereocenters. The molecular formula is C46H43N5O12S3. The second-order valence-electron chi connectivity index (χ2n) is 15.6. The molecule has 7 N–H and O–H groups in total. The molecule has 17 nitrogen and oxygen atoms in total. The fraction of sp³-hybridized carbons (Fsp3) is 0.152. The third kappa shape index (κ3) is 9.14. The zero-order chi connectivity index (χ0) is 48.2. The molecule has 5 aromatic rings. The quantitative estimate of drug-likeness (QED) is 0.0500. The maximum Gasteiger partial charge on any atom is 0.318 e. The second-order valence-corrected chi connectivity index (χ2v) is 19.7. The van der Waals surface area contributed by atoms with Crippen LogP contribution in [0.1, 0.15) is 43.7 Å². The molecule has 1 aliphatic carbocycles. The predicted molar refractivity (Wildman–Crippen MR) is 250 cm³/mol. The molecule has 3 amide bonds. The summed E-state index contributed by atoms with van der Waals surface area (Å²) in [5, 5.41) is 10.7. The van der Waals surface area contributed by atoms with Crippen molar-refractivity contribution >= 4 is 81.7 Å². The van der Waals surface area contributed by atoms with Crippen LogP contribution in [0.2, 0.25) is 0 Å². The summed E-state index contributed by atoms with van der Waals surface area (Å²) in [4.78, 5) is 28.2. The number of amides is 3. The molecular weight excluding hydrogens is 911 g/mol. The number of nitrogens with zero attached hydrogens (tertiary/aromatic N) is 1. The smallest absolute Gasteiger partial charge is 0.318 e. The number of aryl methyl sites for hydroxylation is 4. The van der Waals surface area contributed by atoms with Gasteiger partial charge in [-0.2, -0.15) is 25.3 Å². The third-order valence-corrected chi connectivity index (χ3v) is 13.7. The zero-order valence-corrected chi connectivity index (χ0v) is 38.8. The summed E-state index contributed by atoms with van der Waals surface area (Å²) < 4.78 is 117. The lowest BCUT2D eigenvalue weighted by atomic mass is 9.93. The van der Waals surface area contributed by atoms with Gasteiger partial charge in [0.1, 0.15) is 26.0 Å². The lowest BCUT2D eigenvalue weighted by Gasteiger charge is -2.22. The first-order valence-electron chi connectivity index (χ1n) is 19.9. The first-order valence-corrected chi connectivity index (χ1v) is 24.2. The van der Waals surface area contributed by atoms with E-state index in [1.807, 2.05) is 0 Å². The van der Waals surface area contributed by atoms with Crippen LogP contribution in [0.3, 0.4) is 0 Å². The Morgan fingerprint density at radius 3 is 1.79 bits per heavy atom. The van der Waals surface area contributed by atoms with Crippen LogP contribution >= 0.6 is 0 Å². The van der Waals surface area contributed by atoms with E-state index in [0.717, 1.165) is 18.2 Å². The van der Waals surface area contributed by atoms with E-state index in [4.69, 9.17) is 9.41 Å². The minimum atomic E-state index is -5.18. The number of nitrogens with one attached hydrogen (secondary N) is 4. The van der Waals surface area contributed by atoms with Crippen molar-refractivity contribution in [2.75, 3.05) is 23.0 Å². The molecule has 1 aliphatic heterocycles. The average molecular weight is 954 g/mol. The molecule has 0 unspecified atom stereocenters. The molecule has 66 heavy (non-hydrogen) atoms. The maximum absolute atomic E-state index is 13.3. The van der Waals surface area contributed by atoms with E-state index in [-0.39, 0.29) is 50.2 Å². The Hall–Kier alpha value is -6.94. The Bertz CT molecular complexity index is 3570. The van der Waals surface area contributed by atoms with Gasteiger partial charge in [-0.05, 0) is 105 Å². The number of carbonyl (C=O) groups excluding carboxylic acids is 2. The molecule has 0 spiro atoms. The number of urea groups is 1. The number of benzene rings is 6. The zero-order valence-electron chi connectivity index (χ0n) is 36.3. The second kappa shape index (κ2) is 17.5. The maximum atomic E-state index is 13.3. The van der Waals surface area contributed by atoms with Gasteiger partial charge in [0, 0.05) is 58.2 Å². The van der Waals surface area contributed by atoms with Crippen LogP contribution < -0.4 is 26.6 Å². The average Bonchev–Trinajstić information content (AvgIpc) is 3.24. The molecule has 0 radical (unpaired) electrons. The van der Waals surface area contributed by atoms with E-state index in [0.29, 0.717) is 56.0 Å². The summed E-state index contributed by atoms with van der Waals surface area (Å²) in [6, 6.07) is 20.9. The molecule has 0 bridgehead atoms. The van der Waals surface area contributed by atoms with Crippen molar-refractivity contribution in [3.05, 3.63) is 135 Å². The van der Waals surface area contributed by atoms with Gasteiger partial charge >= 0.3 is 6.03 Å². The Balaban J connectivity index is 1.58. The molecule has 0 fully saturated rings. The number of carbonyl (C=O) groups is 2. The van der Waals surface area contributed by atoms with E-state index >= 15 is 0 Å². The highest BCUT2D eigenvalue weighted by Gasteiger charge is 2.29. The fourth-order valence-electron chi connectivity index (χ4n) is 8.04. The van der Waals surface area contributed by atoms with Crippen LogP contribution in [0.15, 0.2) is 115 Å². The molecule has 0 saturated carbocycles. The fourth-order valence-corrected chi connectivity index (χ4v) is 10.0. The van der Waals surface area contributed by atoms with Gasteiger partial charge in [-0.1, -0.05) is 48.5 Å². The van der Waals surface area contributed by atoms with Crippen LogP contribution in [0.5, 0.6) is 0 Å². The summed E-state index contributed by atoms with van der Waals surface area (Å²) in [5.74, 6) is -0.567. The number of rotatable bonds is 10. The van der Waals surface area contributed by atoms with E-state index in [2.05, 4.69) is 21.3 Å². The van der Waals surface area contributed by atoms with Gasteiger partial charge in [0.15, 0.2) is 0 Å². The molecule has 20 heteroatoms. The summed E-state index contributed by atoms with van der Waals surface area (Å²) in [6.45, 7) is 10.3. The SMILES string of the molecule is CNC(=O)Nc1c(C)cc(C)c(Nc2cc3oc4cc(=Nc5c(C)cc(C)c(NC(=O)c6ccccc6)c5C)c(S(=O)(=O)O)cc-4c(-c4ccccc4S(=O)(=O)O)c3cc2S(=O)(=O)O)c1C. The lowest BCUT2D eigenvalue weighted by molar-refractivity contribution is 0.102.